The lowest BCUT2D eigenvalue weighted by molar-refractivity contribution is -0.119. The van der Waals surface area contributed by atoms with E-state index in [-0.39, 0.29) is 11.4 Å². The number of ether oxygens (including phenoxy) is 3. The average molecular weight is 330 g/mol. The first-order valence-electron chi connectivity index (χ1n) is 7.33. The highest BCUT2D eigenvalue weighted by Gasteiger charge is 2.16. The standard InChI is InChI=1S/C17H18N2O5/c1-3-23-16-12(7-6-10-18-16)17(21)24-11-15(20)19-13-8-4-5-9-14(13)22-2/h4-10H,3,11H2,1-2H3,(H,19,20). The monoisotopic (exact) mass is 330 g/mol. The maximum absolute atomic E-state index is 12.1. The van der Waals surface area contributed by atoms with Gasteiger partial charge in [0, 0.05) is 6.20 Å². The molecule has 0 aliphatic carbocycles. The van der Waals surface area contributed by atoms with Gasteiger partial charge in [-0.3, -0.25) is 4.79 Å². The van der Waals surface area contributed by atoms with E-state index in [0.29, 0.717) is 18.0 Å². The minimum atomic E-state index is -0.679. The van der Waals surface area contributed by atoms with Crippen molar-refractivity contribution in [3.63, 3.8) is 0 Å². The number of aromatic nitrogens is 1. The summed E-state index contributed by atoms with van der Waals surface area (Å²) in [4.78, 5) is 28.0. The zero-order chi connectivity index (χ0) is 17.4. The molecule has 1 amide bonds. The van der Waals surface area contributed by atoms with Crippen molar-refractivity contribution in [1.82, 2.24) is 4.98 Å². The van der Waals surface area contributed by atoms with Crippen LogP contribution in [0.2, 0.25) is 0 Å². The number of hydrogen-bond donors (Lipinski definition) is 1. The molecule has 0 fully saturated rings. The molecule has 7 nitrogen and oxygen atoms in total. The molecule has 0 saturated carbocycles. The fourth-order valence-electron chi connectivity index (χ4n) is 1.94. The Morgan fingerprint density at radius 2 is 1.96 bits per heavy atom. The molecule has 0 aliphatic heterocycles. The number of amides is 1. The second kappa shape index (κ2) is 8.52. The molecule has 0 saturated heterocycles. The quantitative estimate of drug-likeness (QED) is 0.784. The Labute approximate surface area is 139 Å². The molecule has 2 rings (SSSR count). The van der Waals surface area contributed by atoms with Crippen LogP contribution < -0.4 is 14.8 Å². The van der Waals surface area contributed by atoms with Crippen molar-refractivity contribution in [2.24, 2.45) is 0 Å². The molecule has 0 aliphatic rings. The van der Waals surface area contributed by atoms with Crippen molar-refractivity contribution >= 4 is 17.6 Å². The first kappa shape index (κ1) is 17.3. The van der Waals surface area contributed by atoms with Gasteiger partial charge in [0.05, 0.1) is 19.4 Å². The number of carbonyl (C=O) groups is 2. The summed E-state index contributed by atoms with van der Waals surface area (Å²) in [5.74, 6) is -0.463. The van der Waals surface area contributed by atoms with Gasteiger partial charge in [-0.05, 0) is 31.2 Å². The van der Waals surface area contributed by atoms with E-state index in [4.69, 9.17) is 14.2 Å². The number of carbonyl (C=O) groups excluding carboxylic acids is 2. The number of nitrogens with one attached hydrogen (secondary N) is 1. The summed E-state index contributed by atoms with van der Waals surface area (Å²) in [5.41, 5.74) is 0.668. The molecule has 1 aromatic heterocycles. The van der Waals surface area contributed by atoms with Crippen LogP contribution in [-0.2, 0) is 9.53 Å². The summed E-state index contributed by atoms with van der Waals surface area (Å²) >= 11 is 0. The van der Waals surface area contributed by atoms with Gasteiger partial charge in [0.25, 0.3) is 5.91 Å². The first-order chi connectivity index (χ1) is 11.7. The van der Waals surface area contributed by atoms with Crippen molar-refractivity contribution in [2.45, 2.75) is 6.92 Å². The van der Waals surface area contributed by atoms with E-state index in [0.717, 1.165) is 0 Å². The van der Waals surface area contributed by atoms with Crippen LogP contribution in [0.4, 0.5) is 5.69 Å². The number of pyridine rings is 1. The molecule has 0 unspecified atom stereocenters. The maximum atomic E-state index is 12.1. The van der Waals surface area contributed by atoms with Gasteiger partial charge in [0.2, 0.25) is 5.88 Å². The van der Waals surface area contributed by atoms with E-state index in [1.807, 2.05) is 0 Å². The smallest absolute Gasteiger partial charge is 0.344 e. The summed E-state index contributed by atoms with van der Waals surface area (Å²) in [7, 11) is 1.50. The number of esters is 1. The summed E-state index contributed by atoms with van der Waals surface area (Å²) in [6.07, 6.45) is 1.51. The van der Waals surface area contributed by atoms with Crippen LogP contribution in [0.25, 0.3) is 0 Å². The fraction of sp³-hybridized carbons (Fsp3) is 0.235. The topological polar surface area (TPSA) is 86.8 Å². The molecule has 7 heteroatoms. The molecule has 126 valence electrons. The molecule has 24 heavy (non-hydrogen) atoms. The Morgan fingerprint density at radius 3 is 2.71 bits per heavy atom. The highest BCUT2D eigenvalue weighted by atomic mass is 16.5. The van der Waals surface area contributed by atoms with Gasteiger partial charge in [-0.25, -0.2) is 9.78 Å². The van der Waals surface area contributed by atoms with E-state index in [1.54, 1.807) is 37.3 Å². The third-order valence-corrected chi connectivity index (χ3v) is 2.99. The Bertz CT molecular complexity index is 718. The van der Waals surface area contributed by atoms with Crippen molar-refractivity contribution in [1.29, 1.82) is 0 Å². The third kappa shape index (κ3) is 4.45. The number of nitrogens with zero attached hydrogens (tertiary/aromatic N) is 1. The molecule has 1 N–H and O–H groups in total. The first-order valence-corrected chi connectivity index (χ1v) is 7.33. The molecule has 0 spiro atoms. The lowest BCUT2D eigenvalue weighted by Gasteiger charge is -2.11. The summed E-state index contributed by atoms with van der Waals surface area (Å²) in [6.45, 7) is 1.72. The SMILES string of the molecule is CCOc1ncccc1C(=O)OCC(=O)Nc1ccccc1OC. The molecular weight excluding hydrogens is 312 g/mol. The van der Waals surface area contributed by atoms with Crippen LogP contribution in [0, 0.1) is 0 Å². The highest BCUT2D eigenvalue weighted by molar-refractivity contribution is 5.97. The van der Waals surface area contributed by atoms with Crippen LogP contribution in [0.15, 0.2) is 42.6 Å². The van der Waals surface area contributed by atoms with Crippen LogP contribution in [0.5, 0.6) is 11.6 Å². The molecule has 0 bridgehead atoms. The second-order valence-electron chi connectivity index (χ2n) is 4.61. The summed E-state index contributed by atoms with van der Waals surface area (Å²) in [5, 5.41) is 2.62. The van der Waals surface area contributed by atoms with Crippen LogP contribution >= 0.6 is 0 Å². The minimum Gasteiger partial charge on any atom is -0.495 e. The molecule has 0 radical (unpaired) electrons. The predicted octanol–water partition coefficient (Wildman–Crippen LogP) is 2.28. The van der Waals surface area contributed by atoms with E-state index in [1.165, 1.54) is 19.4 Å². The van der Waals surface area contributed by atoms with Crippen LogP contribution in [0.3, 0.4) is 0 Å². The van der Waals surface area contributed by atoms with E-state index < -0.39 is 18.5 Å². The zero-order valence-corrected chi connectivity index (χ0v) is 13.4. The number of rotatable bonds is 7. The van der Waals surface area contributed by atoms with E-state index >= 15 is 0 Å². The van der Waals surface area contributed by atoms with Gasteiger partial charge in [-0.15, -0.1) is 0 Å². The van der Waals surface area contributed by atoms with Crippen LogP contribution in [-0.4, -0.2) is 37.2 Å². The van der Waals surface area contributed by atoms with E-state index in [2.05, 4.69) is 10.3 Å². The van der Waals surface area contributed by atoms with Gasteiger partial charge < -0.3 is 19.5 Å². The number of hydrogen-bond acceptors (Lipinski definition) is 6. The zero-order valence-electron chi connectivity index (χ0n) is 13.4. The Balaban J connectivity index is 1.95. The fourth-order valence-corrected chi connectivity index (χ4v) is 1.94. The molecule has 0 atom stereocenters. The number of para-hydroxylation sites is 2. The highest BCUT2D eigenvalue weighted by Crippen LogP contribution is 2.22. The Hall–Kier alpha value is -3.09. The molecular formula is C17H18N2O5. The lowest BCUT2D eigenvalue weighted by Crippen LogP contribution is -2.21. The number of anilines is 1. The predicted molar refractivity (Wildman–Crippen MR) is 87.3 cm³/mol. The van der Waals surface area contributed by atoms with Crippen molar-refractivity contribution in [2.75, 3.05) is 25.6 Å². The normalized spacial score (nSPS) is 9.92. The Morgan fingerprint density at radius 1 is 1.17 bits per heavy atom. The largest absolute Gasteiger partial charge is 0.495 e. The van der Waals surface area contributed by atoms with Gasteiger partial charge in [0.1, 0.15) is 11.3 Å². The van der Waals surface area contributed by atoms with Gasteiger partial charge >= 0.3 is 5.97 Å². The molecule has 1 heterocycles. The van der Waals surface area contributed by atoms with Gasteiger partial charge in [0.15, 0.2) is 6.61 Å². The molecule has 1 aromatic carbocycles. The summed E-state index contributed by atoms with van der Waals surface area (Å²) in [6, 6.07) is 10.1. The van der Waals surface area contributed by atoms with E-state index in [9.17, 15) is 9.59 Å². The Kier molecular flexibility index (Phi) is 6.13. The third-order valence-electron chi connectivity index (χ3n) is 2.99. The summed E-state index contributed by atoms with van der Waals surface area (Å²) < 4.78 is 15.4. The van der Waals surface area contributed by atoms with Gasteiger partial charge in [-0.1, -0.05) is 12.1 Å². The van der Waals surface area contributed by atoms with Crippen molar-refractivity contribution < 1.29 is 23.8 Å². The van der Waals surface area contributed by atoms with Gasteiger partial charge in [-0.2, -0.15) is 0 Å². The average Bonchev–Trinajstić information content (AvgIpc) is 2.61. The second-order valence-corrected chi connectivity index (χ2v) is 4.61. The molecule has 2 aromatic rings. The lowest BCUT2D eigenvalue weighted by atomic mass is 10.3. The van der Waals surface area contributed by atoms with Crippen molar-refractivity contribution in [3.05, 3.63) is 48.2 Å². The minimum absolute atomic E-state index is 0.171. The maximum Gasteiger partial charge on any atom is 0.344 e. The van der Waals surface area contributed by atoms with Crippen LogP contribution in [0.1, 0.15) is 17.3 Å². The van der Waals surface area contributed by atoms with Crippen molar-refractivity contribution in [3.8, 4) is 11.6 Å². The number of methoxy groups -OCH3 is 1. The number of benzene rings is 1.